The fourth-order valence-corrected chi connectivity index (χ4v) is 0.818. The molecule has 0 spiro atoms. The number of allylic oxidation sites excluding steroid dienone is 4. The van der Waals surface area contributed by atoms with E-state index in [1.807, 2.05) is 42.5 Å². The van der Waals surface area contributed by atoms with Crippen molar-refractivity contribution in [2.45, 2.75) is 6.42 Å². The van der Waals surface area contributed by atoms with Gasteiger partial charge in [0, 0.05) is 0 Å². The molecule has 0 aromatic heterocycles. The van der Waals surface area contributed by atoms with Crippen LogP contribution in [0.1, 0.15) is 12.0 Å². The van der Waals surface area contributed by atoms with Crippen molar-refractivity contribution < 1.29 is 51.0 Å². The van der Waals surface area contributed by atoms with Crippen LogP contribution in [-0.2, 0) is 26.2 Å². The molecule has 0 bridgehead atoms. The molecule has 0 atom stereocenters. The molecule has 0 heterocycles. The smallest absolute Gasteiger partial charge is 1.00 e. The van der Waals surface area contributed by atoms with Crippen molar-refractivity contribution in [2.75, 3.05) is 0 Å². The van der Waals surface area contributed by atoms with Gasteiger partial charge in [-0.3, -0.25) is 6.08 Å². The van der Waals surface area contributed by atoms with Gasteiger partial charge in [0.25, 0.3) is 0 Å². The first-order valence-electron chi connectivity index (χ1n) is 3.98. The normalized spacial score (nSPS) is 9.87. The number of benzene rings is 1. The summed E-state index contributed by atoms with van der Waals surface area (Å²) in [6.45, 7) is 3.72. The van der Waals surface area contributed by atoms with E-state index < -0.39 is 0 Å². The maximum Gasteiger partial charge on any atom is 4.00 e. The summed E-state index contributed by atoms with van der Waals surface area (Å²) in [6, 6.07) is 9.87. The summed E-state index contributed by atoms with van der Waals surface area (Å²) in [5.41, 5.74) is 1.07. The molecule has 0 saturated heterocycles. The van der Waals surface area contributed by atoms with Crippen molar-refractivity contribution in [1.82, 2.24) is 0 Å². The van der Waals surface area contributed by atoms with Gasteiger partial charge in [-0.15, -0.1) is 18.6 Å². The minimum absolute atomic E-state index is 0. The predicted molar refractivity (Wildman–Crippen MR) is 52.5 cm³/mol. The molecule has 0 aliphatic heterocycles. The molecule has 15 heavy (non-hydrogen) atoms. The van der Waals surface area contributed by atoms with Gasteiger partial charge in [-0.2, -0.15) is 30.7 Å². The van der Waals surface area contributed by atoms with E-state index in [4.69, 9.17) is 0 Å². The molecule has 78 valence electrons. The first-order chi connectivity index (χ1) is 5.89. The van der Waals surface area contributed by atoms with Gasteiger partial charge in [-0.1, -0.05) is 6.07 Å². The summed E-state index contributed by atoms with van der Waals surface area (Å²) >= 11 is 0. The van der Waals surface area contributed by atoms with Crippen molar-refractivity contribution in [3.05, 3.63) is 67.1 Å². The van der Waals surface area contributed by atoms with E-state index in [-0.39, 0.29) is 51.0 Å². The van der Waals surface area contributed by atoms with Crippen LogP contribution >= 0.6 is 0 Å². The Bertz CT molecular complexity index is 258. The summed E-state index contributed by atoms with van der Waals surface area (Å²) in [5.74, 6) is 0. The molecule has 1 aromatic rings. The second-order valence-corrected chi connectivity index (χ2v) is 2.49. The van der Waals surface area contributed by atoms with Crippen LogP contribution in [0, 0.1) is 13.0 Å². The van der Waals surface area contributed by atoms with Crippen LogP contribution in [-0.4, -0.2) is 0 Å². The Hall–Kier alpha value is 0.0331. The third kappa shape index (κ3) is 12.0. The van der Waals surface area contributed by atoms with Gasteiger partial charge in [-0.25, -0.2) is 12.2 Å². The van der Waals surface area contributed by atoms with Crippen LogP contribution < -0.4 is 24.8 Å². The maximum atomic E-state index is 3.72. The molecular formula is C12H12Cl2Zr. The van der Waals surface area contributed by atoms with Crippen molar-refractivity contribution in [2.24, 2.45) is 0 Å². The SMILES string of the molecule is [C-]1=CC=CC1.[CH2-]c1ccccc1.[Cl-].[Cl-].[Zr+4]. The van der Waals surface area contributed by atoms with Gasteiger partial charge < -0.3 is 24.8 Å². The minimum atomic E-state index is 0. The van der Waals surface area contributed by atoms with Gasteiger partial charge >= 0.3 is 26.2 Å². The van der Waals surface area contributed by atoms with Crippen LogP contribution in [0.15, 0.2) is 48.6 Å². The molecular weight excluding hydrogens is 306 g/mol. The van der Waals surface area contributed by atoms with Gasteiger partial charge in [0.15, 0.2) is 0 Å². The van der Waals surface area contributed by atoms with Crippen molar-refractivity contribution in [1.29, 1.82) is 0 Å². The Balaban J connectivity index is -0.000000165. The zero-order chi connectivity index (χ0) is 8.65. The van der Waals surface area contributed by atoms with Crippen molar-refractivity contribution in [3.63, 3.8) is 0 Å². The first-order valence-corrected chi connectivity index (χ1v) is 3.98. The largest absolute Gasteiger partial charge is 4.00 e. The topological polar surface area (TPSA) is 0 Å². The Labute approximate surface area is 124 Å². The molecule has 1 aromatic carbocycles. The third-order valence-electron chi connectivity index (χ3n) is 1.43. The Morgan fingerprint density at radius 2 is 1.67 bits per heavy atom. The molecule has 0 fully saturated rings. The summed E-state index contributed by atoms with van der Waals surface area (Å²) in [6.07, 6.45) is 10.0. The van der Waals surface area contributed by atoms with E-state index >= 15 is 0 Å². The summed E-state index contributed by atoms with van der Waals surface area (Å²) in [4.78, 5) is 0. The van der Waals surface area contributed by atoms with Crippen LogP contribution in [0.3, 0.4) is 0 Å². The van der Waals surface area contributed by atoms with Crippen LogP contribution in [0.2, 0.25) is 0 Å². The molecule has 0 unspecified atom stereocenters. The third-order valence-corrected chi connectivity index (χ3v) is 1.43. The molecule has 0 N–H and O–H groups in total. The average molecular weight is 318 g/mol. The van der Waals surface area contributed by atoms with Crippen molar-refractivity contribution >= 4 is 0 Å². The average Bonchev–Trinajstić information content (AvgIpc) is 2.62. The number of hydrogen-bond donors (Lipinski definition) is 0. The Kier molecular flexibility index (Phi) is 19.1. The maximum absolute atomic E-state index is 3.72. The summed E-state index contributed by atoms with van der Waals surface area (Å²) in [7, 11) is 0. The van der Waals surface area contributed by atoms with E-state index in [2.05, 4.69) is 19.1 Å². The van der Waals surface area contributed by atoms with E-state index in [1.165, 1.54) is 0 Å². The van der Waals surface area contributed by atoms with Crippen molar-refractivity contribution in [3.8, 4) is 0 Å². The fraction of sp³-hybridized carbons (Fsp3) is 0.0833. The van der Waals surface area contributed by atoms with E-state index in [9.17, 15) is 0 Å². The second-order valence-electron chi connectivity index (χ2n) is 2.49. The number of halogens is 2. The molecule has 1 aliphatic carbocycles. The number of hydrogen-bond acceptors (Lipinski definition) is 0. The molecule has 1 aliphatic rings. The Morgan fingerprint density at radius 1 is 1.07 bits per heavy atom. The first kappa shape index (κ1) is 20.4. The van der Waals surface area contributed by atoms with E-state index in [0.29, 0.717) is 0 Å². The second kappa shape index (κ2) is 14.0. The predicted octanol–water partition coefficient (Wildman–Crippen LogP) is -2.82. The molecule has 0 nitrogen and oxygen atoms in total. The van der Waals surface area contributed by atoms with Crippen LogP contribution in [0.5, 0.6) is 0 Å². The summed E-state index contributed by atoms with van der Waals surface area (Å²) < 4.78 is 0. The zero-order valence-corrected chi connectivity index (χ0v) is 12.3. The molecule has 3 heteroatoms. The zero-order valence-electron chi connectivity index (χ0n) is 8.29. The minimum Gasteiger partial charge on any atom is -1.00 e. The Morgan fingerprint density at radius 3 is 1.87 bits per heavy atom. The fourth-order valence-electron chi connectivity index (χ4n) is 0.818. The van der Waals surface area contributed by atoms with Gasteiger partial charge in [0.2, 0.25) is 0 Å². The molecule has 0 radical (unpaired) electrons. The van der Waals surface area contributed by atoms with E-state index in [0.717, 1.165) is 12.0 Å². The van der Waals surface area contributed by atoms with Gasteiger partial charge in [0.05, 0.1) is 0 Å². The monoisotopic (exact) mass is 316 g/mol. The van der Waals surface area contributed by atoms with Crippen LogP contribution in [0.25, 0.3) is 0 Å². The van der Waals surface area contributed by atoms with Gasteiger partial charge in [-0.05, 0) is 0 Å². The molecule has 2 rings (SSSR count). The molecule has 0 amide bonds. The summed E-state index contributed by atoms with van der Waals surface area (Å²) in [5, 5.41) is 0. The molecule has 0 saturated carbocycles. The van der Waals surface area contributed by atoms with E-state index in [1.54, 1.807) is 0 Å². The quantitative estimate of drug-likeness (QED) is 0.453. The number of rotatable bonds is 0. The van der Waals surface area contributed by atoms with Gasteiger partial charge in [0.1, 0.15) is 0 Å². The standard InChI is InChI=1S/C7H7.C5H5.2ClH.Zr/c1-7-5-3-2-4-6-7;1-2-4-5-3-1;;;/h2-6H,1H2;1-3H,4H2;2*1H;/q2*-1;;;+4/p-2. The van der Waals surface area contributed by atoms with Crippen LogP contribution in [0.4, 0.5) is 0 Å².